The van der Waals surface area contributed by atoms with Crippen LogP contribution in [0.3, 0.4) is 0 Å². The molecule has 0 spiro atoms. The molecule has 0 fully saturated rings. The Labute approximate surface area is 252 Å². The summed E-state index contributed by atoms with van der Waals surface area (Å²) in [5.41, 5.74) is 15.9. The Hall–Kier alpha value is -3.46. The zero-order valence-corrected chi connectivity index (χ0v) is 26.1. The summed E-state index contributed by atoms with van der Waals surface area (Å²) < 4.78 is 0. The second kappa shape index (κ2) is 11.1. The molecule has 1 aliphatic heterocycles. The summed E-state index contributed by atoms with van der Waals surface area (Å²) in [6.07, 6.45) is 1.08. The fourth-order valence-corrected chi connectivity index (χ4v) is 7.38. The van der Waals surface area contributed by atoms with Crippen molar-refractivity contribution in [1.29, 1.82) is 5.26 Å². The number of halogens is 1. The van der Waals surface area contributed by atoms with Crippen LogP contribution in [-0.2, 0) is 10.5 Å². The first-order chi connectivity index (χ1) is 19.4. The maximum Gasteiger partial charge on any atom is 0.162 e. The fraction of sp³-hybridized carbons (Fsp3) is 0.314. The van der Waals surface area contributed by atoms with Crippen molar-refractivity contribution < 1.29 is 4.79 Å². The number of aryl methyl sites for hydroxylation is 3. The highest BCUT2D eigenvalue weighted by Gasteiger charge is 2.45. The lowest BCUT2D eigenvalue weighted by atomic mass is 9.68. The smallest absolute Gasteiger partial charge is 0.162 e. The van der Waals surface area contributed by atoms with E-state index < -0.39 is 5.92 Å². The Morgan fingerprint density at radius 3 is 2.46 bits per heavy atom. The first-order valence-electron chi connectivity index (χ1n) is 13.9. The maximum absolute atomic E-state index is 14.0. The van der Waals surface area contributed by atoms with E-state index in [1.54, 1.807) is 0 Å². The molecule has 0 saturated heterocycles. The SMILES string of the molecule is Cc1cc(CSc2ccccc2C)c(C)c(C2C(C#N)=C(N)N(c3ccc(C)c(Cl)c3)C3=C2C(=O)CC(C)(C)C3)c1. The van der Waals surface area contributed by atoms with Gasteiger partial charge in [-0.3, -0.25) is 9.69 Å². The molecule has 6 heteroatoms. The van der Waals surface area contributed by atoms with E-state index in [2.05, 4.69) is 77.1 Å². The number of thioether (sulfide) groups is 1. The number of carbonyl (C=O) groups excluding carboxylic acids is 1. The predicted molar refractivity (Wildman–Crippen MR) is 170 cm³/mol. The molecule has 1 heterocycles. The van der Waals surface area contributed by atoms with E-state index in [1.807, 2.05) is 41.8 Å². The number of anilines is 1. The molecule has 0 amide bonds. The number of rotatable bonds is 5. The van der Waals surface area contributed by atoms with Crippen molar-refractivity contribution in [2.75, 3.05) is 4.90 Å². The van der Waals surface area contributed by atoms with Crippen LogP contribution in [0.15, 0.2) is 82.2 Å². The summed E-state index contributed by atoms with van der Waals surface area (Å²) >= 11 is 8.35. The molecule has 41 heavy (non-hydrogen) atoms. The predicted octanol–water partition coefficient (Wildman–Crippen LogP) is 8.81. The number of carbonyl (C=O) groups is 1. The summed E-state index contributed by atoms with van der Waals surface area (Å²) in [5, 5.41) is 11.2. The van der Waals surface area contributed by atoms with E-state index in [1.165, 1.54) is 16.0 Å². The van der Waals surface area contributed by atoms with Gasteiger partial charge in [0.2, 0.25) is 0 Å². The molecule has 0 saturated carbocycles. The standard InChI is InChI=1S/C35H36ClN3OS/c1-20-13-24(19-41-31-10-8-7-9-22(31)3)23(4)26(14-20)32-27(18-37)34(38)39(25-12-11-21(2)28(36)15-25)29-16-35(5,6)17-30(40)33(29)32/h7-15,32H,16-17,19,38H2,1-6H3. The second-order valence-corrected chi connectivity index (χ2v) is 13.5. The molecular weight excluding hydrogens is 546 g/mol. The molecule has 3 aromatic rings. The minimum absolute atomic E-state index is 0.0708. The second-order valence-electron chi connectivity index (χ2n) is 12.1. The molecule has 1 atom stereocenters. The zero-order chi connectivity index (χ0) is 29.6. The van der Waals surface area contributed by atoms with Gasteiger partial charge in [0.15, 0.2) is 5.78 Å². The van der Waals surface area contributed by atoms with Crippen molar-refractivity contribution in [2.45, 2.75) is 71.0 Å². The van der Waals surface area contributed by atoms with Gasteiger partial charge >= 0.3 is 0 Å². The lowest BCUT2D eigenvalue weighted by molar-refractivity contribution is -0.118. The van der Waals surface area contributed by atoms with E-state index in [0.29, 0.717) is 34.8 Å². The summed E-state index contributed by atoms with van der Waals surface area (Å²) in [4.78, 5) is 17.2. The number of hydrogen-bond acceptors (Lipinski definition) is 5. The first kappa shape index (κ1) is 29.0. The van der Waals surface area contributed by atoms with Crippen LogP contribution in [-0.4, -0.2) is 5.78 Å². The van der Waals surface area contributed by atoms with Gasteiger partial charge in [0.1, 0.15) is 5.82 Å². The molecule has 4 nitrogen and oxygen atoms in total. The van der Waals surface area contributed by atoms with E-state index in [0.717, 1.165) is 39.4 Å². The number of allylic oxidation sites excluding steroid dienone is 3. The van der Waals surface area contributed by atoms with Gasteiger partial charge < -0.3 is 5.73 Å². The third-order valence-corrected chi connectivity index (χ3v) is 9.91. The number of ketones is 1. The number of benzene rings is 3. The number of nitrogens with zero attached hydrogens (tertiary/aromatic N) is 2. The van der Waals surface area contributed by atoms with E-state index in [9.17, 15) is 10.1 Å². The molecule has 0 radical (unpaired) electrons. The van der Waals surface area contributed by atoms with Crippen LogP contribution in [0.4, 0.5) is 5.69 Å². The fourth-order valence-electron chi connectivity index (χ4n) is 6.12. The molecule has 1 unspecified atom stereocenters. The number of Topliss-reactive ketones (excluding diaryl/α,β-unsaturated/α-hetero) is 1. The highest BCUT2D eigenvalue weighted by atomic mass is 35.5. The molecule has 210 valence electrons. The van der Waals surface area contributed by atoms with Gasteiger partial charge in [-0.05, 0) is 85.5 Å². The van der Waals surface area contributed by atoms with E-state index >= 15 is 0 Å². The molecule has 2 aliphatic rings. The normalized spacial score (nSPS) is 18.4. The topological polar surface area (TPSA) is 70.1 Å². The van der Waals surface area contributed by atoms with Crippen molar-refractivity contribution in [1.82, 2.24) is 0 Å². The highest BCUT2D eigenvalue weighted by molar-refractivity contribution is 7.98. The van der Waals surface area contributed by atoms with Gasteiger partial charge in [-0.1, -0.05) is 67.4 Å². The molecule has 0 aromatic heterocycles. The van der Waals surface area contributed by atoms with E-state index in [-0.39, 0.29) is 11.2 Å². The van der Waals surface area contributed by atoms with Crippen molar-refractivity contribution in [3.8, 4) is 6.07 Å². The van der Waals surface area contributed by atoms with Crippen LogP contribution < -0.4 is 10.6 Å². The Morgan fingerprint density at radius 2 is 1.78 bits per heavy atom. The Balaban J connectivity index is 1.69. The number of nitriles is 1. The van der Waals surface area contributed by atoms with Crippen LogP contribution in [0.25, 0.3) is 0 Å². The quantitative estimate of drug-likeness (QED) is 0.305. The number of hydrogen-bond donors (Lipinski definition) is 1. The molecular formula is C35H36ClN3OS. The third kappa shape index (κ3) is 5.44. The van der Waals surface area contributed by atoms with Gasteiger partial charge in [0.05, 0.1) is 17.6 Å². The zero-order valence-electron chi connectivity index (χ0n) is 24.6. The van der Waals surface area contributed by atoms with Crippen molar-refractivity contribution in [3.05, 3.63) is 116 Å². The summed E-state index contributed by atoms with van der Waals surface area (Å²) in [7, 11) is 0. The minimum atomic E-state index is -0.516. The summed E-state index contributed by atoms with van der Waals surface area (Å²) in [6.45, 7) is 12.5. The van der Waals surface area contributed by atoms with Gasteiger partial charge in [-0.15, -0.1) is 11.8 Å². The van der Waals surface area contributed by atoms with Crippen LogP contribution in [0, 0.1) is 44.4 Å². The van der Waals surface area contributed by atoms with Crippen molar-refractivity contribution in [3.63, 3.8) is 0 Å². The first-order valence-corrected chi connectivity index (χ1v) is 15.3. The van der Waals surface area contributed by atoms with Gasteiger partial charge in [-0.2, -0.15) is 5.26 Å². The molecule has 0 bridgehead atoms. The van der Waals surface area contributed by atoms with Crippen LogP contribution >= 0.6 is 23.4 Å². The lowest BCUT2D eigenvalue weighted by Crippen LogP contribution is -2.42. The van der Waals surface area contributed by atoms with Crippen molar-refractivity contribution >= 4 is 34.8 Å². The van der Waals surface area contributed by atoms with Crippen LogP contribution in [0.2, 0.25) is 5.02 Å². The average Bonchev–Trinajstić information content (AvgIpc) is 2.90. The minimum Gasteiger partial charge on any atom is -0.384 e. The van der Waals surface area contributed by atoms with Gasteiger partial charge in [0, 0.05) is 39.0 Å². The molecule has 2 N–H and O–H groups in total. The monoisotopic (exact) mass is 581 g/mol. The van der Waals surface area contributed by atoms with Crippen molar-refractivity contribution in [2.24, 2.45) is 11.1 Å². The van der Waals surface area contributed by atoms with E-state index in [4.69, 9.17) is 17.3 Å². The van der Waals surface area contributed by atoms with Gasteiger partial charge in [0.25, 0.3) is 0 Å². The summed E-state index contributed by atoms with van der Waals surface area (Å²) in [6, 6.07) is 20.9. The average molecular weight is 582 g/mol. The highest BCUT2D eigenvalue weighted by Crippen LogP contribution is 2.51. The maximum atomic E-state index is 14.0. The molecule has 3 aromatic carbocycles. The molecule has 5 rings (SSSR count). The van der Waals surface area contributed by atoms with Crippen LogP contribution in [0.1, 0.15) is 66.0 Å². The van der Waals surface area contributed by atoms with Gasteiger partial charge in [-0.25, -0.2) is 0 Å². The number of nitrogens with two attached hydrogens (primary N) is 1. The largest absolute Gasteiger partial charge is 0.384 e. The van der Waals surface area contributed by atoms with Crippen LogP contribution in [0.5, 0.6) is 0 Å². The Bertz CT molecular complexity index is 1680. The lowest BCUT2D eigenvalue weighted by Gasteiger charge is -2.44. The third-order valence-electron chi connectivity index (χ3n) is 8.28. The molecule has 1 aliphatic carbocycles. The summed E-state index contributed by atoms with van der Waals surface area (Å²) in [5.74, 6) is 0.706. The Morgan fingerprint density at radius 1 is 1.05 bits per heavy atom. The Kier molecular flexibility index (Phi) is 7.85.